The third-order valence-corrected chi connectivity index (χ3v) is 5.96. The number of rotatable bonds is 6. The van der Waals surface area contributed by atoms with Crippen molar-refractivity contribution in [3.8, 4) is 0 Å². The van der Waals surface area contributed by atoms with E-state index in [1.165, 1.54) is 7.05 Å². The Labute approximate surface area is 139 Å². The number of alkyl halides is 3. The van der Waals surface area contributed by atoms with Crippen LogP contribution in [0.3, 0.4) is 0 Å². The maximum absolute atomic E-state index is 13.1. The summed E-state index contributed by atoms with van der Waals surface area (Å²) in [6, 6.07) is 2.64. The Balaban J connectivity index is 3.19. The number of halogens is 4. The van der Waals surface area contributed by atoms with Gasteiger partial charge in [-0.1, -0.05) is 31.5 Å². The first-order valence-electron chi connectivity index (χ1n) is 6.96. The molecule has 0 aliphatic carbocycles. The molecule has 0 fully saturated rings. The van der Waals surface area contributed by atoms with Crippen molar-refractivity contribution in [2.24, 2.45) is 11.7 Å². The van der Waals surface area contributed by atoms with Crippen LogP contribution in [0.1, 0.15) is 25.8 Å². The molecule has 0 saturated carbocycles. The van der Waals surface area contributed by atoms with Gasteiger partial charge in [0.05, 0.1) is 10.6 Å². The number of hydrogen-bond donors (Lipinski definition) is 1. The molecular weight excluding hydrogens is 353 g/mol. The molecule has 0 spiro atoms. The van der Waals surface area contributed by atoms with Crippen molar-refractivity contribution < 1.29 is 21.6 Å². The number of hydrogen-bond acceptors (Lipinski definition) is 3. The SMILES string of the molecule is CC(C)C(N)CCN(C)S(=O)(=O)c1c(Cl)cccc1C(F)(F)F. The highest BCUT2D eigenvalue weighted by atomic mass is 35.5. The fourth-order valence-electron chi connectivity index (χ4n) is 1.93. The van der Waals surface area contributed by atoms with E-state index >= 15 is 0 Å². The van der Waals surface area contributed by atoms with Crippen LogP contribution in [-0.2, 0) is 16.2 Å². The smallest absolute Gasteiger partial charge is 0.327 e. The molecule has 132 valence electrons. The molecule has 0 saturated heterocycles. The minimum Gasteiger partial charge on any atom is -0.327 e. The molecule has 0 radical (unpaired) electrons. The predicted molar refractivity (Wildman–Crippen MR) is 83.7 cm³/mol. The van der Waals surface area contributed by atoms with E-state index in [4.69, 9.17) is 17.3 Å². The molecule has 0 aromatic heterocycles. The van der Waals surface area contributed by atoms with Crippen molar-refractivity contribution in [3.05, 3.63) is 28.8 Å². The molecule has 1 unspecified atom stereocenters. The van der Waals surface area contributed by atoms with Crippen LogP contribution >= 0.6 is 11.6 Å². The highest BCUT2D eigenvalue weighted by Crippen LogP contribution is 2.38. The minimum atomic E-state index is -4.82. The molecule has 4 nitrogen and oxygen atoms in total. The molecule has 0 aliphatic heterocycles. The van der Waals surface area contributed by atoms with Crippen molar-refractivity contribution in [3.63, 3.8) is 0 Å². The van der Waals surface area contributed by atoms with Crippen molar-refractivity contribution >= 4 is 21.6 Å². The van der Waals surface area contributed by atoms with Crippen molar-refractivity contribution in [1.29, 1.82) is 0 Å². The van der Waals surface area contributed by atoms with E-state index in [2.05, 4.69) is 0 Å². The lowest BCUT2D eigenvalue weighted by atomic mass is 10.0. The standard InChI is InChI=1S/C14H20ClF3N2O2S/c1-9(2)12(19)7-8-20(3)23(21,22)13-10(14(16,17)18)5-4-6-11(13)15/h4-6,9,12H,7-8,19H2,1-3H3. The molecule has 1 aromatic carbocycles. The van der Waals surface area contributed by atoms with Gasteiger partial charge in [-0.2, -0.15) is 13.2 Å². The second-order valence-corrected chi connectivity index (χ2v) is 8.03. The van der Waals surface area contributed by atoms with Crippen molar-refractivity contribution in [2.75, 3.05) is 13.6 Å². The second kappa shape index (κ2) is 7.38. The maximum atomic E-state index is 13.1. The van der Waals surface area contributed by atoms with Crippen LogP contribution in [0.25, 0.3) is 0 Å². The first-order chi connectivity index (χ1) is 10.4. The monoisotopic (exact) mass is 372 g/mol. The summed E-state index contributed by atoms with van der Waals surface area (Å²) < 4.78 is 65.1. The molecule has 0 amide bonds. The summed E-state index contributed by atoms with van der Waals surface area (Å²) in [4.78, 5) is -0.921. The van der Waals surface area contributed by atoms with Gasteiger partial charge in [-0.3, -0.25) is 0 Å². The maximum Gasteiger partial charge on any atom is 0.417 e. The molecule has 9 heteroatoms. The highest BCUT2D eigenvalue weighted by Gasteiger charge is 2.39. The fourth-order valence-corrected chi connectivity index (χ4v) is 3.84. The van der Waals surface area contributed by atoms with E-state index < -0.39 is 31.7 Å². The number of benzene rings is 1. The van der Waals surface area contributed by atoms with Crippen LogP contribution in [0.2, 0.25) is 5.02 Å². The third kappa shape index (κ3) is 4.82. The Hall–Kier alpha value is -0.830. The van der Waals surface area contributed by atoms with Gasteiger partial charge < -0.3 is 5.73 Å². The number of sulfonamides is 1. The predicted octanol–water partition coefficient (Wildman–Crippen LogP) is 3.35. The summed E-state index contributed by atoms with van der Waals surface area (Å²) >= 11 is 5.75. The van der Waals surface area contributed by atoms with Gasteiger partial charge in [-0.25, -0.2) is 12.7 Å². The van der Waals surface area contributed by atoms with E-state index in [-0.39, 0.29) is 18.5 Å². The fraction of sp³-hybridized carbons (Fsp3) is 0.571. The van der Waals surface area contributed by atoms with Gasteiger partial charge >= 0.3 is 6.18 Å². The Morgan fingerprint density at radius 2 is 1.87 bits per heavy atom. The van der Waals surface area contributed by atoms with E-state index in [0.29, 0.717) is 12.5 Å². The van der Waals surface area contributed by atoms with Crippen LogP contribution in [-0.4, -0.2) is 32.4 Å². The summed E-state index contributed by atoms with van der Waals surface area (Å²) in [5.74, 6) is 0.136. The largest absolute Gasteiger partial charge is 0.417 e. The van der Waals surface area contributed by atoms with Gasteiger partial charge in [0.25, 0.3) is 0 Å². The summed E-state index contributed by atoms with van der Waals surface area (Å²) in [6.45, 7) is 3.77. The Morgan fingerprint density at radius 1 is 1.30 bits per heavy atom. The van der Waals surface area contributed by atoms with Gasteiger partial charge in [-0.05, 0) is 24.5 Å². The Bertz CT molecular complexity index is 648. The molecule has 2 N–H and O–H groups in total. The second-order valence-electron chi connectivity index (χ2n) is 5.64. The van der Waals surface area contributed by atoms with E-state index in [0.717, 1.165) is 16.4 Å². The zero-order chi connectivity index (χ0) is 18.0. The summed E-state index contributed by atoms with van der Waals surface area (Å²) in [6.07, 6.45) is -4.48. The Morgan fingerprint density at radius 3 is 2.35 bits per heavy atom. The molecule has 0 aliphatic rings. The van der Waals surface area contributed by atoms with E-state index in [1.807, 2.05) is 13.8 Å². The zero-order valence-electron chi connectivity index (χ0n) is 13.1. The average molecular weight is 373 g/mol. The zero-order valence-corrected chi connectivity index (χ0v) is 14.6. The molecular formula is C14H20ClF3N2O2S. The molecule has 1 atom stereocenters. The van der Waals surface area contributed by atoms with Gasteiger partial charge in [-0.15, -0.1) is 0 Å². The molecule has 23 heavy (non-hydrogen) atoms. The summed E-state index contributed by atoms with van der Waals surface area (Å²) in [5.41, 5.74) is 4.58. The van der Waals surface area contributed by atoms with Crippen LogP contribution in [0.5, 0.6) is 0 Å². The van der Waals surface area contributed by atoms with Gasteiger partial charge in [0.1, 0.15) is 4.90 Å². The number of nitrogens with two attached hydrogens (primary N) is 1. The topological polar surface area (TPSA) is 63.4 Å². The van der Waals surface area contributed by atoms with E-state index in [1.54, 1.807) is 0 Å². The van der Waals surface area contributed by atoms with E-state index in [9.17, 15) is 21.6 Å². The highest BCUT2D eigenvalue weighted by molar-refractivity contribution is 7.89. The molecule has 0 heterocycles. The van der Waals surface area contributed by atoms with Crippen LogP contribution in [0, 0.1) is 5.92 Å². The third-order valence-electron chi connectivity index (χ3n) is 3.57. The lowest BCUT2D eigenvalue weighted by Gasteiger charge is -2.23. The first kappa shape index (κ1) is 20.2. The van der Waals surface area contributed by atoms with Crippen LogP contribution in [0.4, 0.5) is 13.2 Å². The Kier molecular flexibility index (Phi) is 6.48. The summed E-state index contributed by atoms with van der Waals surface area (Å²) in [5, 5.41) is -0.458. The number of nitrogens with zero attached hydrogens (tertiary/aromatic N) is 1. The van der Waals surface area contributed by atoms with Gasteiger partial charge in [0, 0.05) is 19.6 Å². The first-order valence-corrected chi connectivity index (χ1v) is 8.78. The minimum absolute atomic E-state index is 0.00417. The molecule has 1 aromatic rings. The van der Waals surface area contributed by atoms with Crippen LogP contribution < -0.4 is 5.73 Å². The van der Waals surface area contributed by atoms with Crippen molar-refractivity contribution in [2.45, 2.75) is 37.4 Å². The lowest BCUT2D eigenvalue weighted by molar-refractivity contribution is -0.139. The average Bonchev–Trinajstić information content (AvgIpc) is 2.42. The quantitative estimate of drug-likeness (QED) is 0.832. The van der Waals surface area contributed by atoms with Gasteiger partial charge in [0.2, 0.25) is 10.0 Å². The molecule has 1 rings (SSSR count). The van der Waals surface area contributed by atoms with Crippen molar-refractivity contribution in [1.82, 2.24) is 4.31 Å². The molecule has 0 bridgehead atoms. The normalized spacial score (nSPS) is 14.5. The van der Waals surface area contributed by atoms with Crippen LogP contribution in [0.15, 0.2) is 23.1 Å². The van der Waals surface area contributed by atoms with Gasteiger partial charge in [0.15, 0.2) is 0 Å². The lowest BCUT2D eigenvalue weighted by Crippen LogP contribution is -2.35. The summed E-state index contributed by atoms with van der Waals surface area (Å²) in [7, 11) is -3.16.